The number of benzene rings is 2. The summed E-state index contributed by atoms with van der Waals surface area (Å²) in [6.07, 6.45) is 0. The van der Waals surface area contributed by atoms with Gasteiger partial charge in [-0.05, 0) is 35.7 Å². The zero-order chi connectivity index (χ0) is 17.8. The molecule has 0 fully saturated rings. The highest BCUT2D eigenvalue weighted by Gasteiger charge is 2.08. The van der Waals surface area contributed by atoms with Gasteiger partial charge in [0, 0.05) is 22.0 Å². The third kappa shape index (κ3) is 3.60. The summed E-state index contributed by atoms with van der Waals surface area (Å²) >= 11 is 1.72. The van der Waals surface area contributed by atoms with Crippen LogP contribution < -0.4 is 15.4 Å². The van der Waals surface area contributed by atoms with Crippen LogP contribution in [0.4, 0.5) is 17.5 Å². The number of methoxy groups -OCH3 is 1. The Labute approximate surface area is 155 Å². The van der Waals surface area contributed by atoms with Gasteiger partial charge in [-0.15, -0.1) is 11.3 Å². The molecule has 4 aromatic rings. The van der Waals surface area contributed by atoms with Crippen molar-refractivity contribution in [2.45, 2.75) is 6.54 Å². The van der Waals surface area contributed by atoms with Crippen molar-refractivity contribution in [3.8, 4) is 5.75 Å². The van der Waals surface area contributed by atoms with Crippen molar-refractivity contribution < 1.29 is 4.74 Å². The molecule has 2 aromatic heterocycles. The van der Waals surface area contributed by atoms with Gasteiger partial charge in [-0.3, -0.25) is 0 Å². The first kappa shape index (κ1) is 16.4. The molecule has 2 N–H and O–H groups in total. The fraction of sp³-hybridized carbons (Fsp3) is 0.100. The average molecular weight is 362 g/mol. The van der Waals surface area contributed by atoms with Crippen molar-refractivity contribution in [2.75, 3.05) is 17.7 Å². The van der Waals surface area contributed by atoms with Crippen LogP contribution in [0.15, 0.2) is 66.0 Å². The van der Waals surface area contributed by atoms with Crippen molar-refractivity contribution in [1.29, 1.82) is 0 Å². The van der Waals surface area contributed by atoms with Crippen molar-refractivity contribution >= 4 is 39.7 Å². The SMILES string of the molecule is COc1cccc(Nc2nc(NCc3cccs3)c3ccccc3n2)c1. The molecular formula is C20H18N4OS. The van der Waals surface area contributed by atoms with E-state index >= 15 is 0 Å². The van der Waals surface area contributed by atoms with E-state index in [4.69, 9.17) is 4.74 Å². The van der Waals surface area contributed by atoms with Crippen LogP contribution >= 0.6 is 11.3 Å². The number of nitrogens with one attached hydrogen (secondary N) is 2. The Balaban J connectivity index is 1.66. The van der Waals surface area contributed by atoms with E-state index in [0.29, 0.717) is 5.95 Å². The molecular weight excluding hydrogens is 344 g/mol. The van der Waals surface area contributed by atoms with Gasteiger partial charge in [0.1, 0.15) is 11.6 Å². The fourth-order valence-electron chi connectivity index (χ4n) is 2.68. The Morgan fingerprint density at radius 3 is 2.77 bits per heavy atom. The number of anilines is 3. The molecule has 5 nitrogen and oxygen atoms in total. The zero-order valence-electron chi connectivity index (χ0n) is 14.3. The van der Waals surface area contributed by atoms with Crippen molar-refractivity contribution in [1.82, 2.24) is 9.97 Å². The number of thiophene rings is 1. The standard InChI is InChI=1S/C20H18N4OS/c1-25-15-7-4-6-14(12-15)22-20-23-18-10-3-2-9-17(18)19(24-20)21-13-16-8-5-11-26-16/h2-12H,13H2,1H3,(H2,21,22,23,24). The number of fused-ring (bicyclic) bond motifs is 1. The Morgan fingerprint density at radius 1 is 1.00 bits per heavy atom. The minimum absolute atomic E-state index is 0.547. The normalized spacial score (nSPS) is 10.7. The molecule has 4 rings (SSSR count). The third-order valence-corrected chi connectivity index (χ3v) is 4.82. The van der Waals surface area contributed by atoms with E-state index in [9.17, 15) is 0 Å². The average Bonchev–Trinajstić information content (AvgIpc) is 3.20. The molecule has 0 atom stereocenters. The zero-order valence-corrected chi connectivity index (χ0v) is 15.1. The van der Waals surface area contributed by atoms with Crippen LogP contribution in [-0.2, 0) is 6.54 Å². The van der Waals surface area contributed by atoms with Crippen LogP contribution in [0.5, 0.6) is 5.75 Å². The quantitative estimate of drug-likeness (QED) is 0.502. The predicted molar refractivity (Wildman–Crippen MR) is 107 cm³/mol. The Hall–Kier alpha value is -3.12. The van der Waals surface area contributed by atoms with Crippen LogP contribution in [0.25, 0.3) is 10.9 Å². The maximum Gasteiger partial charge on any atom is 0.229 e. The number of nitrogens with zero attached hydrogens (tertiary/aromatic N) is 2. The van der Waals surface area contributed by atoms with Gasteiger partial charge in [0.15, 0.2) is 0 Å². The maximum absolute atomic E-state index is 5.27. The van der Waals surface area contributed by atoms with Gasteiger partial charge in [0.05, 0.1) is 19.2 Å². The third-order valence-electron chi connectivity index (χ3n) is 3.94. The molecule has 26 heavy (non-hydrogen) atoms. The van der Waals surface area contributed by atoms with Crippen molar-refractivity contribution in [3.05, 3.63) is 70.9 Å². The lowest BCUT2D eigenvalue weighted by atomic mass is 10.2. The molecule has 0 aliphatic carbocycles. The van der Waals surface area contributed by atoms with Gasteiger partial charge >= 0.3 is 0 Å². The summed E-state index contributed by atoms with van der Waals surface area (Å²) in [6, 6.07) is 19.9. The monoisotopic (exact) mass is 362 g/mol. The van der Waals surface area contributed by atoms with E-state index in [-0.39, 0.29) is 0 Å². The van der Waals surface area contributed by atoms with Crippen molar-refractivity contribution in [2.24, 2.45) is 0 Å². The van der Waals surface area contributed by atoms with Crippen LogP contribution in [-0.4, -0.2) is 17.1 Å². The summed E-state index contributed by atoms with van der Waals surface area (Å²) in [6.45, 7) is 0.733. The summed E-state index contributed by atoms with van der Waals surface area (Å²) in [7, 11) is 1.65. The van der Waals surface area contributed by atoms with Gasteiger partial charge < -0.3 is 15.4 Å². The number of hydrogen-bond donors (Lipinski definition) is 2. The lowest BCUT2D eigenvalue weighted by molar-refractivity contribution is 0.415. The molecule has 0 saturated heterocycles. The first-order chi connectivity index (χ1) is 12.8. The molecule has 130 valence electrons. The van der Waals surface area contributed by atoms with Crippen LogP contribution in [0.2, 0.25) is 0 Å². The molecule has 6 heteroatoms. The molecule has 0 unspecified atom stereocenters. The number of para-hydroxylation sites is 1. The maximum atomic E-state index is 5.27. The Kier molecular flexibility index (Phi) is 4.66. The van der Waals surface area contributed by atoms with Gasteiger partial charge in [-0.2, -0.15) is 4.98 Å². The van der Waals surface area contributed by atoms with Gasteiger partial charge in [-0.1, -0.05) is 24.3 Å². The largest absolute Gasteiger partial charge is 0.497 e. The fourth-order valence-corrected chi connectivity index (χ4v) is 3.33. The molecule has 2 aromatic carbocycles. The number of aromatic nitrogens is 2. The molecule has 0 aliphatic heterocycles. The second kappa shape index (κ2) is 7.41. The summed E-state index contributed by atoms with van der Waals surface area (Å²) in [5.74, 6) is 2.15. The molecule has 0 saturated carbocycles. The molecule has 2 heterocycles. The number of hydrogen-bond acceptors (Lipinski definition) is 6. The molecule has 0 bridgehead atoms. The van der Waals surface area contributed by atoms with Gasteiger partial charge in [0.25, 0.3) is 0 Å². The Morgan fingerprint density at radius 2 is 1.92 bits per heavy atom. The minimum atomic E-state index is 0.547. The lowest BCUT2D eigenvalue weighted by Gasteiger charge is -2.12. The van der Waals surface area contributed by atoms with Crippen LogP contribution in [0.3, 0.4) is 0 Å². The van der Waals surface area contributed by atoms with Crippen LogP contribution in [0.1, 0.15) is 4.88 Å². The van der Waals surface area contributed by atoms with Gasteiger partial charge in [-0.25, -0.2) is 4.98 Å². The number of rotatable bonds is 6. The summed E-state index contributed by atoms with van der Waals surface area (Å²) in [4.78, 5) is 10.6. The van der Waals surface area contributed by atoms with E-state index in [1.807, 2.05) is 48.5 Å². The molecule has 0 radical (unpaired) electrons. The summed E-state index contributed by atoms with van der Waals surface area (Å²) in [5, 5.41) is 9.77. The number of ether oxygens (including phenoxy) is 1. The highest BCUT2D eigenvalue weighted by molar-refractivity contribution is 7.09. The lowest BCUT2D eigenvalue weighted by Crippen LogP contribution is -2.05. The van der Waals surface area contributed by atoms with Gasteiger partial charge in [0.2, 0.25) is 5.95 Å². The molecule has 0 amide bonds. The van der Waals surface area contributed by atoms with Crippen LogP contribution in [0, 0.1) is 0 Å². The smallest absolute Gasteiger partial charge is 0.229 e. The molecule has 0 spiro atoms. The topological polar surface area (TPSA) is 59.1 Å². The second-order valence-electron chi connectivity index (χ2n) is 5.70. The predicted octanol–water partition coefficient (Wildman–Crippen LogP) is 5.06. The second-order valence-corrected chi connectivity index (χ2v) is 6.74. The van der Waals surface area contributed by atoms with Crippen molar-refractivity contribution in [3.63, 3.8) is 0 Å². The van der Waals surface area contributed by atoms with E-state index in [0.717, 1.165) is 34.7 Å². The highest BCUT2D eigenvalue weighted by atomic mass is 32.1. The summed E-state index contributed by atoms with van der Waals surface area (Å²) in [5.41, 5.74) is 1.77. The first-order valence-corrected chi connectivity index (χ1v) is 9.14. The minimum Gasteiger partial charge on any atom is -0.497 e. The summed E-state index contributed by atoms with van der Waals surface area (Å²) < 4.78 is 5.27. The first-order valence-electron chi connectivity index (χ1n) is 8.26. The Bertz CT molecular complexity index is 1020. The van der Waals surface area contributed by atoms with E-state index < -0.39 is 0 Å². The van der Waals surface area contributed by atoms with E-state index in [2.05, 4.69) is 38.1 Å². The molecule has 0 aliphatic rings. The van der Waals surface area contributed by atoms with E-state index in [1.165, 1.54) is 4.88 Å². The highest BCUT2D eigenvalue weighted by Crippen LogP contribution is 2.25. The van der Waals surface area contributed by atoms with E-state index in [1.54, 1.807) is 18.4 Å².